The molecule has 0 heterocycles. The van der Waals surface area contributed by atoms with E-state index < -0.39 is 14.9 Å². The van der Waals surface area contributed by atoms with Crippen molar-refractivity contribution in [3.63, 3.8) is 0 Å². The zero-order valence-corrected chi connectivity index (χ0v) is 12.3. The first-order chi connectivity index (χ1) is 8.29. The summed E-state index contributed by atoms with van der Waals surface area (Å²) in [5, 5.41) is 11.3. The number of alkyl halides is 1. The molecule has 0 aliphatic rings. The average molecular weight is 337 g/mol. The minimum absolute atomic E-state index is 0.0850. The molecule has 8 heteroatoms. The van der Waals surface area contributed by atoms with Gasteiger partial charge >= 0.3 is 0 Å². The molecule has 0 fully saturated rings. The summed E-state index contributed by atoms with van der Waals surface area (Å²) in [6, 6.07) is 2.51. The van der Waals surface area contributed by atoms with Gasteiger partial charge in [0.05, 0.1) is 9.82 Å². The lowest BCUT2D eigenvalue weighted by molar-refractivity contribution is -0.385. The molecule has 0 bridgehead atoms. The molecule has 100 valence electrons. The first kappa shape index (κ1) is 15.1. The van der Waals surface area contributed by atoms with Crippen molar-refractivity contribution in [2.45, 2.75) is 18.7 Å². The van der Waals surface area contributed by atoms with Gasteiger partial charge in [-0.15, -0.1) is 0 Å². The second-order valence-electron chi connectivity index (χ2n) is 3.73. The van der Waals surface area contributed by atoms with Gasteiger partial charge in [-0.1, -0.05) is 15.9 Å². The molecule has 0 saturated carbocycles. The fraction of sp³-hybridized carbons (Fsp3) is 0.400. The van der Waals surface area contributed by atoms with Crippen molar-refractivity contribution < 1.29 is 13.3 Å². The number of nitrogens with zero attached hydrogens (tertiary/aromatic N) is 1. The van der Waals surface area contributed by atoms with Gasteiger partial charge in [0.2, 0.25) is 10.0 Å². The van der Waals surface area contributed by atoms with E-state index in [4.69, 9.17) is 0 Å². The fourth-order valence-corrected chi connectivity index (χ4v) is 3.01. The smallest absolute Gasteiger partial charge is 0.258 e. The summed E-state index contributed by atoms with van der Waals surface area (Å²) >= 11 is 3.10. The Morgan fingerprint density at radius 3 is 2.50 bits per heavy atom. The van der Waals surface area contributed by atoms with Gasteiger partial charge in [-0.25, -0.2) is 13.1 Å². The third-order valence-corrected chi connectivity index (χ3v) is 4.34. The molecular weight excluding hydrogens is 324 g/mol. The maximum absolute atomic E-state index is 11.9. The van der Waals surface area contributed by atoms with Crippen molar-refractivity contribution in [3.05, 3.63) is 33.4 Å². The Labute approximate surface area is 114 Å². The van der Waals surface area contributed by atoms with E-state index in [1.165, 1.54) is 6.07 Å². The normalized spacial score (nSPS) is 11.5. The van der Waals surface area contributed by atoms with Gasteiger partial charge in [-0.3, -0.25) is 10.1 Å². The quantitative estimate of drug-likeness (QED) is 0.505. The molecule has 1 rings (SSSR count). The number of hydrogen-bond donors (Lipinski definition) is 1. The zero-order valence-electron chi connectivity index (χ0n) is 9.94. The Hall–Kier alpha value is -0.990. The van der Waals surface area contributed by atoms with Gasteiger partial charge in [-0.05, 0) is 25.5 Å². The largest absolute Gasteiger partial charge is 0.273 e. The molecule has 1 aromatic rings. The van der Waals surface area contributed by atoms with E-state index in [-0.39, 0.29) is 17.1 Å². The summed E-state index contributed by atoms with van der Waals surface area (Å²) < 4.78 is 26.1. The van der Waals surface area contributed by atoms with Crippen LogP contribution < -0.4 is 4.72 Å². The highest BCUT2D eigenvalue weighted by Crippen LogP contribution is 2.25. The second-order valence-corrected chi connectivity index (χ2v) is 6.29. The van der Waals surface area contributed by atoms with Gasteiger partial charge in [-0.2, -0.15) is 0 Å². The summed E-state index contributed by atoms with van der Waals surface area (Å²) in [7, 11) is -3.70. The second kappa shape index (κ2) is 5.77. The molecule has 0 radical (unpaired) electrons. The zero-order chi connectivity index (χ0) is 13.9. The van der Waals surface area contributed by atoms with Crippen LogP contribution in [-0.4, -0.2) is 25.2 Å². The van der Waals surface area contributed by atoms with Crippen molar-refractivity contribution in [1.82, 2.24) is 4.72 Å². The molecule has 0 unspecified atom stereocenters. The molecule has 18 heavy (non-hydrogen) atoms. The van der Waals surface area contributed by atoms with Crippen LogP contribution in [0.5, 0.6) is 0 Å². The number of aryl methyl sites for hydroxylation is 1. The lowest BCUT2D eigenvalue weighted by atomic mass is 10.1. The van der Waals surface area contributed by atoms with Crippen LogP contribution in [0.2, 0.25) is 0 Å². The van der Waals surface area contributed by atoms with Crippen molar-refractivity contribution in [2.24, 2.45) is 0 Å². The molecule has 6 nitrogen and oxygen atoms in total. The van der Waals surface area contributed by atoms with Gasteiger partial charge in [0.1, 0.15) is 0 Å². The van der Waals surface area contributed by atoms with Gasteiger partial charge < -0.3 is 0 Å². The highest BCUT2D eigenvalue weighted by molar-refractivity contribution is 9.09. The van der Waals surface area contributed by atoms with E-state index in [9.17, 15) is 18.5 Å². The lowest BCUT2D eigenvalue weighted by Gasteiger charge is -2.08. The Morgan fingerprint density at radius 2 is 2.00 bits per heavy atom. The SMILES string of the molecule is Cc1cc(S(=O)(=O)NCCBr)cc([N+](=O)[O-])c1C. The molecule has 0 aromatic heterocycles. The van der Waals surface area contributed by atoms with Crippen LogP contribution in [0.15, 0.2) is 17.0 Å². The van der Waals surface area contributed by atoms with Crippen LogP contribution >= 0.6 is 15.9 Å². The highest BCUT2D eigenvalue weighted by Gasteiger charge is 2.21. The number of halogens is 1. The molecule has 1 aromatic carbocycles. The number of benzene rings is 1. The first-order valence-corrected chi connectivity index (χ1v) is 7.71. The van der Waals surface area contributed by atoms with Crippen molar-refractivity contribution in [1.29, 1.82) is 0 Å². The van der Waals surface area contributed by atoms with Gasteiger partial charge in [0.25, 0.3) is 5.69 Å². The monoisotopic (exact) mass is 336 g/mol. The topological polar surface area (TPSA) is 89.3 Å². The maximum Gasteiger partial charge on any atom is 0.273 e. The van der Waals surface area contributed by atoms with Crippen LogP contribution in [0.3, 0.4) is 0 Å². The molecule has 0 saturated heterocycles. The summed E-state index contributed by atoms with van der Waals surface area (Å²) in [6.45, 7) is 3.46. The summed E-state index contributed by atoms with van der Waals surface area (Å²) in [6.07, 6.45) is 0. The fourth-order valence-electron chi connectivity index (χ4n) is 1.41. The Bertz CT molecular complexity index is 571. The Morgan fingerprint density at radius 1 is 1.39 bits per heavy atom. The summed E-state index contributed by atoms with van der Waals surface area (Å²) in [5.41, 5.74) is 0.858. The standard InChI is InChI=1S/C10H13BrN2O4S/c1-7-5-9(18(16,17)12-4-3-11)6-10(8(7)2)13(14)15/h5-6,12H,3-4H2,1-2H3. The predicted octanol–water partition coefficient (Wildman–Crippen LogP) is 1.88. The van der Waals surface area contributed by atoms with Gasteiger partial charge in [0.15, 0.2) is 0 Å². The molecule has 0 spiro atoms. The average Bonchev–Trinajstić information content (AvgIpc) is 2.29. The van der Waals surface area contributed by atoms with E-state index in [0.29, 0.717) is 16.5 Å². The van der Waals surface area contributed by atoms with Crippen molar-refractivity contribution >= 4 is 31.6 Å². The van der Waals surface area contributed by atoms with E-state index >= 15 is 0 Å². The number of nitro groups is 1. The molecule has 0 aliphatic carbocycles. The van der Waals surface area contributed by atoms with E-state index in [1.54, 1.807) is 13.8 Å². The van der Waals surface area contributed by atoms with Crippen LogP contribution in [0.4, 0.5) is 5.69 Å². The Balaban J connectivity index is 3.31. The number of nitro benzene ring substituents is 1. The van der Waals surface area contributed by atoms with Crippen LogP contribution in [0.25, 0.3) is 0 Å². The maximum atomic E-state index is 11.9. The summed E-state index contributed by atoms with van der Waals surface area (Å²) in [5.74, 6) is 0. The predicted molar refractivity (Wildman–Crippen MR) is 71.6 cm³/mol. The molecule has 0 aliphatic heterocycles. The third kappa shape index (κ3) is 3.27. The van der Waals surface area contributed by atoms with Crippen molar-refractivity contribution in [3.8, 4) is 0 Å². The number of nitrogens with one attached hydrogen (secondary N) is 1. The third-order valence-electron chi connectivity index (χ3n) is 2.51. The van der Waals surface area contributed by atoms with E-state index in [2.05, 4.69) is 20.7 Å². The van der Waals surface area contributed by atoms with Crippen LogP contribution in [0.1, 0.15) is 11.1 Å². The van der Waals surface area contributed by atoms with E-state index in [1.807, 2.05) is 0 Å². The van der Waals surface area contributed by atoms with Crippen LogP contribution in [0, 0.1) is 24.0 Å². The molecule has 0 amide bonds. The van der Waals surface area contributed by atoms with Crippen LogP contribution in [-0.2, 0) is 10.0 Å². The molecule has 0 atom stereocenters. The minimum atomic E-state index is -3.70. The highest BCUT2D eigenvalue weighted by atomic mass is 79.9. The van der Waals surface area contributed by atoms with E-state index in [0.717, 1.165) is 6.07 Å². The van der Waals surface area contributed by atoms with Crippen molar-refractivity contribution in [2.75, 3.05) is 11.9 Å². The Kier molecular flexibility index (Phi) is 4.83. The molecule has 1 N–H and O–H groups in total. The molecular formula is C10H13BrN2O4S. The summed E-state index contributed by atoms with van der Waals surface area (Å²) in [4.78, 5) is 10.2. The minimum Gasteiger partial charge on any atom is -0.258 e. The number of sulfonamides is 1. The lowest BCUT2D eigenvalue weighted by Crippen LogP contribution is -2.25. The number of rotatable bonds is 5. The first-order valence-electron chi connectivity index (χ1n) is 5.11. The van der Waals surface area contributed by atoms with Gasteiger partial charge in [0, 0.05) is 23.5 Å². The number of hydrogen-bond acceptors (Lipinski definition) is 4.